The van der Waals surface area contributed by atoms with Crippen molar-refractivity contribution in [1.29, 1.82) is 0 Å². The minimum Gasteiger partial charge on any atom is -0.388 e. The van der Waals surface area contributed by atoms with E-state index in [4.69, 9.17) is 11.6 Å². The van der Waals surface area contributed by atoms with Crippen LogP contribution in [0.3, 0.4) is 0 Å². The van der Waals surface area contributed by atoms with Crippen molar-refractivity contribution in [1.82, 2.24) is 4.90 Å². The molecule has 0 unspecified atom stereocenters. The summed E-state index contributed by atoms with van der Waals surface area (Å²) in [5.74, 6) is -0.274. The molecule has 1 aromatic carbocycles. The number of hydrogen-bond acceptors (Lipinski definition) is 2. The first-order valence-electron chi connectivity index (χ1n) is 5.36. The fourth-order valence-corrected chi connectivity index (χ4v) is 1.99. The van der Waals surface area contributed by atoms with Gasteiger partial charge < -0.3 is 10.0 Å². The quantitative estimate of drug-likeness (QED) is 0.834. The number of alkyl halides is 1. The Morgan fingerprint density at radius 3 is 2.76 bits per heavy atom. The maximum atomic E-state index is 13.1. The molecule has 5 heteroatoms. The van der Waals surface area contributed by atoms with E-state index in [1.807, 2.05) is 0 Å². The fraction of sp³-hybridized carbons (Fsp3) is 0.417. The molecule has 0 saturated carbocycles. The monoisotopic (exact) mass is 257 g/mol. The van der Waals surface area contributed by atoms with E-state index in [0.29, 0.717) is 10.6 Å². The standard InChI is InChI=1S/C12H13ClFNO2/c1-7-4-8(2-3-9(7)13)12(17)15-5-10(14)11(16)6-15/h2-4,10-11,16H,5-6H2,1H3/t10-,11-/m1/s1. The molecule has 2 rings (SSSR count). The highest BCUT2D eigenvalue weighted by atomic mass is 35.5. The maximum absolute atomic E-state index is 13.1. The van der Waals surface area contributed by atoms with Gasteiger partial charge in [0.2, 0.25) is 0 Å². The average molecular weight is 258 g/mol. The summed E-state index contributed by atoms with van der Waals surface area (Å²) in [4.78, 5) is 13.3. The van der Waals surface area contributed by atoms with Crippen molar-refractivity contribution < 1.29 is 14.3 Å². The summed E-state index contributed by atoms with van der Waals surface area (Å²) in [5.41, 5.74) is 1.27. The molecular formula is C12H13ClFNO2. The van der Waals surface area contributed by atoms with E-state index >= 15 is 0 Å². The molecular weight excluding hydrogens is 245 g/mol. The molecule has 0 aromatic heterocycles. The molecule has 0 aliphatic carbocycles. The molecule has 1 heterocycles. The van der Waals surface area contributed by atoms with Crippen LogP contribution < -0.4 is 0 Å². The number of carbonyl (C=O) groups is 1. The van der Waals surface area contributed by atoms with Gasteiger partial charge in [0.15, 0.2) is 0 Å². The van der Waals surface area contributed by atoms with E-state index in [2.05, 4.69) is 0 Å². The summed E-state index contributed by atoms with van der Waals surface area (Å²) < 4.78 is 13.1. The van der Waals surface area contributed by atoms with Crippen LogP contribution in [-0.4, -0.2) is 41.3 Å². The van der Waals surface area contributed by atoms with Crippen LogP contribution in [0, 0.1) is 6.92 Å². The molecule has 1 aliphatic heterocycles. The highest BCUT2D eigenvalue weighted by Gasteiger charge is 2.34. The predicted molar refractivity (Wildman–Crippen MR) is 63.0 cm³/mol. The van der Waals surface area contributed by atoms with Gasteiger partial charge in [0, 0.05) is 17.1 Å². The molecule has 0 radical (unpaired) electrons. The molecule has 0 spiro atoms. The number of hydrogen-bond donors (Lipinski definition) is 1. The Bertz CT molecular complexity index is 442. The van der Waals surface area contributed by atoms with Crippen molar-refractivity contribution in [2.75, 3.05) is 13.1 Å². The van der Waals surface area contributed by atoms with Crippen LogP contribution in [0.1, 0.15) is 15.9 Å². The first kappa shape index (κ1) is 12.3. The molecule has 1 amide bonds. The molecule has 1 N–H and O–H groups in total. The van der Waals surface area contributed by atoms with Crippen LogP contribution in [0.2, 0.25) is 5.02 Å². The Hall–Kier alpha value is -1.13. The van der Waals surface area contributed by atoms with Gasteiger partial charge in [0.1, 0.15) is 12.3 Å². The lowest BCUT2D eigenvalue weighted by atomic mass is 10.1. The van der Waals surface area contributed by atoms with E-state index in [1.165, 1.54) is 4.90 Å². The number of aliphatic hydroxyl groups is 1. The van der Waals surface area contributed by atoms with Gasteiger partial charge in [-0.05, 0) is 30.7 Å². The highest BCUT2D eigenvalue weighted by molar-refractivity contribution is 6.31. The number of amides is 1. The number of rotatable bonds is 1. The van der Waals surface area contributed by atoms with Gasteiger partial charge in [-0.15, -0.1) is 0 Å². The molecule has 2 atom stereocenters. The van der Waals surface area contributed by atoms with E-state index in [0.717, 1.165) is 5.56 Å². The topological polar surface area (TPSA) is 40.5 Å². The molecule has 1 saturated heterocycles. The van der Waals surface area contributed by atoms with Gasteiger partial charge in [-0.3, -0.25) is 4.79 Å². The zero-order chi connectivity index (χ0) is 12.6. The largest absolute Gasteiger partial charge is 0.388 e. The van der Waals surface area contributed by atoms with E-state index < -0.39 is 12.3 Å². The Labute approximate surface area is 104 Å². The molecule has 3 nitrogen and oxygen atoms in total. The SMILES string of the molecule is Cc1cc(C(=O)N2C[C@@H](O)[C@H](F)C2)ccc1Cl. The molecule has 1 fully saturated rings. The molecule has 1 aromatic rings. The summed E-state index contributed by atoms with van der Waals surface area (Å²) in [6.07, 6.45) is -2.43. The van der Waals surface area contributed by atoms with Gasteiger partial charge in [-0.25, -0.2) is 4.39 Å². The maximum Gasteiger partial charge on any atom is 0.254 e. The van der Waals surface area contributed by atoms with Crippen LogP contribution in [0.5, 0.6) is 0 Å². The first-order valence-corrected chi connectivity index (χ1v) is 5.74. The number of likely N-dealkylation sites (tertiary alicyclic amines) is 1. The first-order chi connectivity index (χ1) is 7.99. The van der Waals surface area contributed by atoms with Crippen LogP contribution in [0.15, 0.2) is 18.2 Å². The molecule has 1 aliphatic rings. The lowest BCUT2D eigenvalue weighted by Crippen LogP contribution is -2.29. The zero-order valence-corrected chi connectivity index (χ0v) is 10.1. The summed E-state index contributed by atoms with van der Waals surface area (Å²) >= 11 is 5.87. The van der Waals surface area contributed by atoms with Crippen molar-refractivity contribution in [3.05, 3.63) is 34.3 Å². The van der Waals surface area contributed by atoms with E-state index in [-0.39, 0.29) is 19.0 Å². The second-order valence-electron chi connectivity index (χ2n) is 4.26. The van der Waals surface area contributed by atoms with Gasteiger partial charge in [-0.1, -0.05) is 11.6 Å². The van der Waals surface area contributed by atoms with Crippen molar-refractivity contribution >= 4 is 17.5 Å². The number of benzene rings is 1. The molecule has 17 heavy (non-hydrogen) atoms. The van der Waals surface area contributed by atoms with Crippen LogP contribution in [0.4, 0.5) is 4.39 Å². The number of aryl methyl sites for hydroxylation is 1. The predicted octanol–water partition coefficient (Wildman–Crippen LogP) is 1.80. The lowest BCUT2D eigenvalue weighted by molar-refractivity contribution is 0.0764. The number of β-amino-alcohol motifs (C(OH)–C–C–N with tert-alkyl or cyclic N) is 1. The Balaban J connectivity index is 2.17. The second-order valence-corrected chi connectivity index (χ2v) is 4.66. The van der Waals surface area contributed by atoms with E-state index in [9.17, 15) is 14.3 Å². The van der Waals surface area contributed by atoms with Crippen molar-refractivity contribution in [3.63, 3.8) is 0 Å². The second kappa shape index (κ2) is 4.63. The minimum absolute atomic E-state index is 0.0433. The van der Waals surface area contributed by atoms with Crippen molar-refractivity contribution in [3.8, 4) is 0 Å². The van der Waals surface area contributed by atoms with Gasteiger partial charge >= 0.3 is 0 Å². The summed E-state index contributed by atoms with van der Waals surface area (Å²) in [7, 11) is 0. The van der Waals surface area contributed by atoms with Crippen molar-refractivity contribution in [2.45, 2.75) is 19.2 Å². The summed E-state index contributed by atoms with van der Waals surface area (Å²) in [6, 6.07) is 4.92. The van der Waals surface area contributed by atoms with Crippen LogP contribution in [-0.2, 0) is 0 Å². The smallest absolute Gasteiger partial charge is 0.254 e. The summed E-state index contributed by atoms with van der Waals surface area (Å²) in [5, 5.41) is 9.86. The number of aliphatic hydroxyl groups excluding tert-OH is 1. The third-order valence-electron chi connectivity index (χ3n) is 2.91. The Morgan fingerprint density at radius 2 is 2.24 bits per heavy atom. The lowest BCUT2D eigenvalue weighted by Gasteiger charge is -2.15. The number of carbonyl (C=O) groups excluding carboxylic acids is 1. The Morgan fingerprint density at radius 1 is 1.53 bits per heavy atom. The fourth-order valence-electron chi connectivity index (χ4n) is 1.87. The number of halogens is 2. The normalized spacial score (nSPS) is 24.1. The average Bonchev–Trinajstić information content (AvgIpc) is 2.62. The van der Waals surface area contributed by atoms with E-state index in [1.54, 1.807) is 25.1 Å². The van der Waals surface area contributed by atoms with Gasteiger partial charge in [0.25, 0.3) is 5.91 Å². The third-order valence-corrected chi connectivity index (χ3v) is 3.34. The molecule has 92 valence electrons. The molecule has 0 bridgehead atoms. The van der Waals surface area contributed by atoms with Crippen LogP contribution in [0.25, 0.3) is 0 Å². The highest BCUT2D eigenvalue weighted by Crippen LogP contribution is 2.20. The number of nitrogens with zero attached hydrogens (tertiary/aromatic N) is 1. The third kappa shape index (κ3) is 2.42. The van der Waals surface area contributed by atoms with Gasteiger partial charge in [0.05, 0.1) is 6.54 Å². The Kier molecular flexibility index (Phi) is 3.35. The van der Waals surface area contributed by atoms with Crippen molar-refractivity contribution in [2.24, 2.45) is 0 Å². The zero-order valence-electron chi connectivity index (χ0n) is 9.36. The van der Waals surface area contributed by atoms with Crippen LogP contribution >= 0.6 is 11.6 Å². The summed E-state index contributed by atoms with van der Waals surface area (Å²) in [6.45, 7) is 1.79. The van der Waals surface area contributed by atoms with Gasteiger partial charge in [-0.2, -0.15) is 0 Å². The minimum atomic E-state index is -1.35.